The van der Waals surface area contributed by atoms with Crippen LogP contribution in [0.5, 0.6) is 0 Å². The summed E-state index contributed by atoms with van der Waals surface area (Å²) in [5.41, 5.74) is 0. The van der Waals surface area contributed by atoms with Crippen LogP contribution in [0.1, 0.15) is 19.3 Å². The summed E-state index contributed by atoms with van der Waals surface area (Å²) in [4.78, 5) is 0. The van der Waals surface area contributed by atoms with Crippen LogP contribution in [0.3, 0.4) is 0 Å². The van der Waals surface area contributed by atoms with E-state index in [0.717, 1.165) is 19.1 Å². The molecular formula is C10H18N4S. The second-order valence-electron chi connectivity index (χ2n) is 3.92. The number of nitrogens with zero attached hydrogens (tertiary/aromatic N) is 3. The summed E-state index contributed by atoms with van der Waals surface area (Å²) in [5.74, 6) is 2.63. The molecule has 1 saturated heterocycles. The zero-order valence-corrected chi connectivity index (χ0v) is 9.75. The Bertz CT molecular complexity index is 256. The lowest BCUT2D eigenvalue weighted by atomic mass is 10.2. The highest BCUT2D eigenvalue weighted by Gasteiger charge is 2.13. The van der Waals surface area contributed by atoms with Gasteiger partial charge >= 0.3 is 0 Å². The fourth-order valence-corrected chi connectivity index (χ4v) is 2.95. The van der Waals surface area contributed by atoms with Gasteiger partial charge in [-0.1, -0.05) is 0 Å². The highest BCUT2D eigenvalue weighted by molar-refractivity contribution is 7.99. The Kier molecular flexibility index (Phi) is 4.47. The Morgan fingerprint density at radius 2 is 2.20 bits per heavy atom. The van der Waals surface area contributed by atoms with Crippen molar-refractivity contribution in [3.8, 4) is 0 Å². The van der Waals surface area contributed by atoms with Gasteiger partial charge in [0.05, 0.1) is 0 Å². The van der Waals surface area contributed by atoms with Crippen LogP contribution in [0.25, 0.3) is 0 Å². The van der Waals surface area contributed by atoms with E-state index in [9.17, 15) is 0 Å². The number of thioether (sulfide) groups is 1. The molecule has 4 nitrogen and oxygen atoms in total. The molecule has 1 N–H and O–H groups in total. The third kappa shape index (κ3) is 3.83. The van der Waals surface area contributed by atoms with Gasteiger partial charge in [-0.3, -0.25) is 0 Å². The summed E-state index contributed by atoms with van der Waals surface area (Å²) >= 11 is 2.06. The zero-order valence-electron chi connectivity index (χ0n) is 8.93. The molecule has 1 aliphatic heterocycles. The molecule has 1 fully saturated rings. The molecule has 1 aromatic heterocycles. The highest BCUT2D eigenvalue weighted by Crippen LogP contribution is 2.16. The van der Waals surface area contributed by atoms with Gasteiger partial charge in [0, 0.05) is 18.3 Å². The Morgan fingerprint density at radius 3 is 2.93 bits per heavy atom. The van der Waals surface area contributed by atoms with Gasteiger partial charge in [0.25, 0.3) is 0 Å². The molecule has 0 aromatic carbocycles. The SMILES string of the molecule is c1nncn1CCCCNC1CCSC1. The van der Waals surface area contributed by atoms with Gasteiger partial charge in [-0.15, -0.1) is 10.2 Å². The van der Waals surface area contributed by atoms with Crippen LogP contribution in [0, 0.1) is 0 Å². The number of hydrogen-bond donors (Lipinski definition) is 1. The summed E-state index contributed by atoms with van der Waals surface area (Å²) in [5, 5.41) is 11.2. The molecule has 0 radical (unpaired) electrons. The number of aryl methyl sites for hydroxylation is 1. The third-order valence-electron chi connectivity index (χ3n) is 2.67. The lowest BCUT2D eigenvalue weighted by Gasteiger charge is -2.10. The van der Waals surface area contributed by atoms with Gasteiger partial charge in [-0.25, -0.2) is 0 Å². The lowest BCUT2D eigenvalue weighted by Crippen LogP contribution is -2.29. The molecule has 1 aliphatic rings. The number of nitrogens with one attached hydrogen (secondary N) is 1. The maximum Gasteiger partial charge on any atom is 0.119 e. The molecule has 0 amide bonds. The molecule has 0 saturated carbocycles. The maximum absolute atomic E-state index is 3.78. The van der Waals surface area contributed by atoms with E-state index < -0.39 is 0 Å². The van der Waals surface area contributed by atoms with Gasteiger partial charge < -0.3 is 9.88 Å². The van der Waals surface area contributed by atoms with Gasteiger partial charge in [0.1, 0.15) is 12.7 Å². The molecule has 84 valence electrons. The van der Waals surface area contributed by atoms with Crippen molar-refractivity contribution in [2.24, 2.45) is 0 Å². The third-order valence-corrected chi connectivity index (χ3v) is 3.83. The first-order chi connectivity index (χ1) is 7.45. The maximum atomic E-state index is 3.78. The zero-order chi connectivity index (χ0) is 10.3. The van der Waals surface area contributed by atoms with Crippen molar-refractivity contribution >= 4 is 11.8 Å². The summed E-state index contributed by atoms with van der Waals surface area (Å²) in [6, 6.07) is 0.768. The Hall–Kier alpha value is -0.550. The van der Waals surface area contributed by atoms with E-state index in [2.05, 4.69) is 27.3 Å². The second kappa shape index (κ2) is 6.12. The van der Waals surface area contributed by atoms with Crippen LogP contribution >= 0.6 is 11.8 Å². The smallest absolute Gasteiger partial charge is 0.119 e. The molecule has 15 heavy (non-hydrogen) atoms. The molecular weight excluding hydrogens is 208 g/mol. The molecule has 1 aromatic rings. The van der Waals surface area contributed by atoms with Crippen molar-refractivity contribution in [1.82, 2.24) is 20.1 Å². The first-order valence-corrected chi connectivity index (χ1v) is 6.74. The molecule has 1 atom stereocenters. The Labute approximate surface area is 94.8 Å². The van der Waals surface area contributed by atoms with E-state index in [1.807, 2.05) is 4.57 Å². The van der Waals surface area contributed by atoms with Crippen molar-refractivity contribution in [2.45, 2.75) is 31.8 Å². The summed E-state index contributed by atoms with van der Waals surface area (Å²) in [6.45, 7) is 2.18. The van der Waals surface area contributed by atoms with Crippen molar-refractivity contribution in [2.75, 3.05) is 18.1 Å². The number of aromatic nitrogens is 3. The topological polar surface area (TPSA) is 42.7 Å². The minimum atomic E-state index is 0.768. The molecule has 1 unspecified atom stereocenters. The highest BCUT2D eigenvalue weighted by atomic mass is 32.2. The van der Waals surface area contributed by atoms with Crippen LogP contribution in [-0.4, -0.2) is 38.9 Å². The molecule has 2 rings (SSSR count). The lowest BCUT2D eigenvalue weighted by molar-refractivity contribution is 0.515. The van der Waals surface area contributed by atoms with Crippen LogP contribution < -0.4 is 5.32 Å². The molecule has 0 aliphatic carbocycles. The van der Waals surface area contributed by atoms with Crippen molar-refractivity contribution in [3.05, 3.63) is 12.7 Å². The van der Waals surface area contributed by atoms with E-state index in [1.54, 1.807) is 12.7 Å². The van der Waals surface area contributed by atoms with E-state index >= 15 is 0 Å². The van der Waals surface area contributed by atoms with E-state index in [-0.39, 0.29) is 0 Å². The number of hydrogen-bond acceptors (Lipinski definition) is 4. The van der Waals surface area contributed by atoms with E-state index in [4.69, 9.17) is 0 Å². The monoisotopic (exact) mass is 226 g/mol. The fourth-order valence-electron chi connectivity index (χ4n) is 1.76. The minimum absolute atomic E-state index is 0.768. The first-order valence-electron chi connectivity index (χ1n) is 5.59. The summed E-state index contributed by atoms with van der Waals surface area (Å²) < 4.78 is 2.03. The van der Waals surface area contributed by atoms with Crippen LogP contribution in [-0.2, 0) is 6.54 Å². The van der Waals surface area contributed by atoms with Crippen LogP contribution in [0.4, 0.5) is 0 Å². The predicted octanol–water partition coefficient (Wildman–Crippen LogP) is 1.15. The van der Waals surface area contributed by atoms with Gasteiger partial charge in [0.2, 0.25) is 0 Å². The van der Waals surface area contributed by atoms with Crippen LogP contribution in [0.15, 0.2) is 12.7 Å². The Balaban J connectivity index is 1.48. The van der Waals surface area contributed by atoms with Gasteiger partial charge in [-0.2, -0.15) is 11.8 Å². The average Bonchev–Trinajstić information content (AvgIpc) is 2.88. The molecule has 5 heteroatoms. The van der Waals surface area contributed by atoms with Crippen LogP contribution in [0.2, 0.25) is 0 Å². The quantitative estimate of drug-likeness (QED) is 0.739. The normalized spacial score (nSPS) is 20.9. The number of unbranched alkanes of at least 4 members (excludes halogenated alkanes) is 1. The van der Waals surface area contributed by atoms with E-state index in [1.165, 1.54) is 30.8 Å². The fraction of sp³-hybridized carbons (Fsp3) is 0.800. The van der Waals surface area contributed by atoms with Crippen molar-refractivity contribution < 1.29 is 0 Å². The molecule has 2 heterocycles. The molecule has 0 spiro atoms. The van der Waals surface area contributed by atoms with E-state index in [0.29, 0.717) is 0 Å². The summed E-state index contributed by atoms with van der Waals surface area (Å²) in [7, 11) is 0. The van der Waals surface area contributed by atoms with Crippen molar-refractivity contribution in [1.29, 1.82) is 0 Å². The first kappa shape index (κ1) is 11.0. The van der Waals surface area contributed by atoms with Gasteiger partial charge in [-0.05, 0) is 31.6 Å². The minimum Gasteiger partial charge on any atom is -0.320 e. The summed E-state index contributed by atoms with van der Waals surface area (Å²) in [6.07, 6.45) is 7.34. The predicted molar refractivity (Wildman–Crippen MR) is 63.0 cm³/mol. The average molecular weight is 226 g/mol. The number of rotatable bonds is 6. The Morgan fingerprint density at radius 1 is 1.33 bits per heavy atom. The van der Waals surface area contributed by atoms with Crippen molar-refractivity contribution in [3.63, 3.8) is 0 Å². The largest absolute Gasteiger partial charge is 0.320 e. The molecule has 0 bridgehead atoms. The second-order valence-corrected chi connectivity index (χ2v) is 5.07. The standard InChI is InChI=1S/C10H18N4S/c1(2-5-14-8-12-13-9-14)4-11-10-3-6-15-7-10/h8-11H,1-7H2. The van der Waals surface area contributed by atoms with Gasteiger partial charge in [0.15, 0.2) is 0 Å².